The molecule has 29 heavy (non-hydrogen) atoms. The quantitative estimate of drug-likeness (QED) is 0.717. The zero-order chi connectivity index (χ0) is 20.3. The summed E-state index contributed by atoms with van der Waals surface area (Å²) in [4.78, 5) is 19.1. The number of ether oxygens (including phenoxy) is 2. The molecule has 5 rings (SSSR count). The Hall–Kier alpha value is -2.71. The SMILES string of the molecule is CCOC(=O)N1c2cccc(OC(F)F)c2[N@+]23C=c4cc(Cl)ccc4=N[C@H](C2)C13. The fraction of sp³-hybridized carbons (Fsp3) is 0.300. The summed E-state index contributed by atoms with van der Waals surface area (Å²) in [5.74, 6) is 0.0366. The molecular weight excluding hydrogens is 404 g/mol. The number of hydrogen-bond donors (Lipinski definition) is 0. The average molecular weight is 421 g/mol. The van der Waals surface area contributed by atoms with Gasteiger partial charge in [0, 0.05) is 5.02 Å². The van der Waals surface area contributed by atoms with E-state index in [1.54, 1.807) is 31.2 Å². The van der Waals surface area contributed by atoms with E-state index in [2.05, 4.69) is 0 Å². The molecule has 3 aliphatic rings. The summed E-state index contributed by atoms with van der Waals surface area (Å²) in [6.07, 6.45) is 0.956. The van der Waals surface area contributed by atoms with Gasteiger partial charge in [-0.05, 0) is 37.3 Å². The highest BCUT2D eigenvalue weighted by atomic mass is 35.5. The Bertz CT molecular complexity index is 1140. The van der Waals surface area contributed by atoms with Gasteiger partial charge in [0.25, 0.3) is 0 Å². The molecular formula is C20H17ClF2N3O3+. The third kappa shape index (κ3) is 2.55. The van der Waals surface area contributed by atoms with E-state index < -0.39 is 18.9 Å². The minimum Gasteiger partial charge on any atom is -0.449 e. The van der Waals surface area contributed by atoms with Crippen LogP contribution in [0.5, 0.6) is 5.75 Å². The molecule has 0 saturated carbocycles. The van der Waals surface area contributed by atoms with Crippen LogP contribution in [0, 0.1) is 0 Å². The first-order valence-electron chi connectivity index (χ1n) is 9.23. The Labute approximate surface area is 169 Å². The van der Waals surface area contributed by atoms with Gasteiger partial charge in [-0.1, -0.05) is 17.7 Å². The Balaban J connectivity index is 1.78. The molecule has 6 nitrogen and oxygen atoms in total. The summed E-state index contributed by atoms with van der Waals surface area (Å²) in [6, 6.07) is 9.94. The lowest BCUT2D eigenvalue weighted by Gasteiger charge is -2.48. The minimum atomic E-state index is -2.98. The normalized spacial score (nSPS) is 25.6. The van der Waals surface area contributed by atoms with Gasteiger partial charge in [-0.15, -0.1) is 0 Å². The summed E-state index contributed by atoms with van der Waals surface area (Å²) in [7, 11) is 0. The van der Waals surface area contributed by atoms with Crippen molar-refractivity contribution in [1.29, 1.82) is 0 Å². The van der Waals surface area contributed by atoms with Crippen molar-refractivity contribution in [2.24, 2.45) is 4.99 Å². The fourth-order valence-corrected chi connectivity index (χ4v) is 4.79. The van der Waals surface area contributed by atoms with E-state index in [1.165, 1.54) is 11.0 Å². The number of rotatable bonds is 3. The molecule has 1 saturated heterocycles. The Morgan fingerprint density at radius 3 is 2.97 bits per heavy atom. The summed E-state index contributed by atoms with van der Waals surface area (Å²) < 4.78 is 36.5. The van der Waals surface area contributed by atoms with Crippen molar-refractivity contribution < 1.29 is 23.0 Å². The maximum absolute atomic E-state index is 13.1. The number of benzene rings is 2. The molecule has 1 amide bonds. The van der Waals surface area contributed by atoms with Gasteiger partial charge in [-0.2, -0.15) is 8.78 Å². The standard InChI is InChI=1S/C20H17ClF2N3O3/c1-2-28-20(27)25-15-4-3-5-16(29-19(22)23)17(15)26-9-11-8-12(21)6-7-13(11)24-14(10-26)18(25)26/h3-9,14,18-19H,2,10H2,1H3/q+1/t14-,18?,26+/m1/s1. The van der Waals surface area contributed by atoms with Crippen LogP contribution in [0.3, 0.4) is 0 Å². The fourth-order valence-electron chi connectivity index (χ4n) is 4.61. The molecule has 0 aromatic heterocycles. The Kier molecular flexibility index (Phi) is 4.04. The van der Waals surface area contributed by atoms with Crippen molar-refractivity contribution in [2.45, 2.75) is 25.7 Å². The van der Waals surface area contributed by atoms with Gasteiger partial charge < -0.3 is 9.47 Å². The third-order valence-corrected chi connectivity index (χ3v) is 5.80. The van der Waals surface area contributed by atoms with Crippen LogP contribution in [0.15, 0.2) is 41.4 Å². The molecule has 9 heteroatoms. The van der Waals surface area contributed by atoms with Crippen molar-refractivity contribution in [3.05, 3.63) is 52.0 Å². The number of carbonyl (C=O) groups excluding carboxylic acids is 1. The predicted molar refractivity (Wildman–Crippen MR) is 104 cm³/mol. The monoisotopic (exact) mass is 420 g/mol. The summed E-state index contributed by atoms with van der Waals surface area (Å²) in [5.41, 5.74) is 0.996. The van der Waals surface area contributed by atoms with Gasteiger partial charge >= 0.3 is 12.7 Å². The van der Waals surface area contributed by atoms with Crippen LogP contribution < -0.4 is 24.7 Å². The van der Waals surface area contributed by atoms with Crippen molar-refractivity contribution in [3.63, 3.8) is 0 Å². The van der Waals surface area contributed by atoms with Crippen LogP contribution in [-0.2, 0) is 4.74 Å². The molecule has 3 heterocycles. The second kappa shape index (κ2) is 6.40. The number of amides is 1. The zero-order valence-corrected chi connectivity index (χ0v) is 16.1. The lowest BCUT2D eigenvalue weighted by Crippen LogP contribution is -2.74. The molecule has 1 spiro atoms. The summed E-state index contributed by atoms with van der Waals surface area (Å²) in [6.45, 7) is -0.543. The maximum atomic E-state index is 13.1. The van der Waals surface area contributed by atoms with E-state index in [4.69, 9.17) is 26.1 Å². The molecule has 3 atom stereocenters. The van der Waals surface area contributed by atoms with Gasteiger partial charge in [0.1, 0.15) is 18.4 Å². The van der Waals surface area contributed by atoms with Crippen LogP contribution in [0.4, 0.5) is 25.0 Å². The van der Waals surface area contributed by atoms with E-state index in [0.717, 1.165) is 10.6 Å². The second-order valence-corrected chi connectivity index (χ2v) is 7.56. The largest absolute Gasteiger partial charge is 0.449 e. The van der Waals surface area contributed by atoms with Gasteiger partial charge in [-0.25, -0.2) is 14.2 Å². The highest BCUT2D eigenvalue weighted by Crippen LogP contribution is 2.57. The smallest absolute Gasteiger partial charge is 0.419 e. The van der Waals surface area contributed by atoms with Crippen LogP contribution in [-0.4, -0.2) is 38.1 Å². The van der Waals surface area contributed by atoms with E-state index in [0.29, 0.717) is 22.9 Å². The van der Waals surface area contributed by atoms with Crippen LogP contribution in [0.25, 0.3) is 6.20 Å². The molecule has 0 N–H and O–H groups in total. The second-order valence-electron chi connectivity index (χ2n) is 7.13. The van der Waals surface area contributed by atoms with Crippen molar-refractivity contribution in [1.82, 2.24) is 4.48 Å². The maximum Gasteiger partial charge on any atom is 0.419 e. The van der Waals surface area contributed by atoms with Crippen molar-refractivity contribution in [3.8, 4) is 5.75 Å². The first kappa shape index (κ1) is 18.3. The lowest BCUT2D eigenvalue weighted by atomic mass is 10.00. The van der Waals surface area contributed by atoms with Crippen LogP contribution >= 0.6 is 11.6 Å². The van der Waals surface area contributed by atoms with Crippen molar-refractivity contribution in [2.75, 3.05) is 18.1 Å². The summed E-state index contributed by atoms with van der Waals surface area (Å²) >= 11 is 6.18. The van der Waals surface area contributed by atoms with Crippen LogP contribution in [0.2, 0.25) is 5.02 Å². The van der Waals surface area contributed by atoms with E-state index >= 15 is 0 Å². The number of nitrogens with zero attached hydrogens (tertiary/aromatic N) is 3. The zero-order valence-electron chi connectivity index (χ0n) is 15.4. The Morgan fingerprint density at radius 1 is 1.38 bits per heavy atom. The average Bonchev–Trinajstić information content (AvgIpc) is 2.77. The van der Waals surface area contributed by atoms with Gasteiger partial charge in [-0.3, -0.25) is 4.99 Å². The molecule has 2 aromatic carbocycles. The number of hydrogen-bond acceptors (Lipinski definition) is 4. The van der Waals surface area contributed by atoms with Gasteiger partial charge in [0.15, 0.2) is 11.8 Å². The lowest BCUT2D eigenvalue weighted by molar-refractivity contribution is -0.0506. The Morgan fingerprint density at radius 2 is 2.21 bits per heavy atom. The van der Waals surface area contributed by atoms with Crippen LogP contribution in [0.1, 0.15) is 6.92 Å². The van der Waals surface area contributed by atoms with Gasteiger partial charge in [0.2, 0.25) is 11.9 Å². The predicted octanol–water partition coefficient (Wildman–Crippen LogP) is 3.00. The van der Waals surface area contributed by atoms with Gasteiger partial charge in [0.05, 0.1) is 17.2 Å². The number of fused-ring (bicyclic) bond motifs is 4. The highest BCUT2D eigenvalue weighted by Gasteiger charge is 2.68. The number of carbonyl (C=O) groups is 1. The molecule has 2 bridgehead atoms. The number of quaternary nitrogens is 1. The molecule has 0 radical (unpaired) electrons. The van der Waals surface area contributed by atoms with E-state index in [-0.39, 0.29) is 22.9 Å². The van der Waals surface area contributed by atoms with E-state index in [9.17, 15) is 13.6 Å². The van der Waals surface area contributed by atoms with E-state index in [1.807, 2.05) is 12.3 Å². The summed E-state index contributed by atoms with van der Waals surface area (Å²) in [5, 5.41) is 2.08. The highest BCUT2D eigenvalue weighted by molar-refractivity contribution is 6.30. The number of anilines is 1. The number of para-hydroxylation sites is 1. The molecule has 1 unspecified atom stereocenters. The first-order valence-corrected chi connectivity index (χ1v) is 9.60. The minimum absolute atomic E-state index is 0.0366. The van der Waals surface area contributed by atoms with Crippen molar-refractivity contribution >= 4 is 35.3 Å². The first-order chi connectivity index (χ1) is 13.9. The number of alkyl halides is 2. The molecule has 0 aliphatic carbocycles. The topological polar surface area (TPSA) is 51.1 Å². The molecule has 3 aliphatic heterocycles. The molecule has 1 fully saturated rings. The molecule has 150 valence electrons. The number of halogens is 3. The molecule has 2 aromatic rings. The third-order valence-electron chi connectivity index (χ3n) is 5.57.